The third-order valence-corrected chi connectivity index (χ3v) is 6.38. The molecule has 0 radical (unpaired) electrons. The molecule has 1 fully saturated rings. The summed E-state index contributed by atoms with van der Waals surface area (Å²) in [5.41, 5.74) is 3.90. The molecule has 1 amide bonds. The van der Waals surface area contributed by atoms with E-state index < -0.39 is 0 Å². The van der Waals surface area contributed by atoms with E-state index in [9.17, 15) is 9.59 Å². The summed E-state index contributed by atoms with van der Waals surface area (Å²) in [7, 11) is 1.60. The minimum atomic E-state index is -0.0489. The summed E-state index contributed by atoms with van der Waals surface area (Å²) in [5, 5.41) is 3.03. The molecule has 1 aliphatic rings. The number of methoxy groups -OCH3 is 1. The lowest BCUT2D eigenvalue weighted by atomic mass is 10.0. The highest BCUT2D eigenvalue weighted by Gasteiger charge is 2.14. The molecule has 2 aromatic carbocycles. The van der Waals surface area contributed by atoms with Crippen molar-refractivity contribution in [2.45, 2.75) is 32.7 Å². The van der Waals surface area contributed by atoms with Gasteiger partial charge < -0.3 is 10.1 Å². The predicted molar refractivity (Wildman–Crippen MR) is 124 cm³/mol. The van der Waals surface area contributed by atoms with Gasteiger partial charge >= 0.3 is 0 Å². The zero-order valence-corrected chi connectivity index (χ0v) is 18.6. The lowest BCUT2D eigenvalue weighted by molar-refractivity contribution is -0.116. The number of carbonyl (C=O) groups excluding carboxylic acids is 2. The third kappa shape index (κ3) is 6.34. The van der Waals surface area contributed by atoms with E-state index in [-0.39, 0.29) is 11.7 Å². The summed E-state index contributed by atoms with van der Waals surface area (Å²) in [6.45, 7) is 5.22. The first-order chi connectivity index (χ1) is 14.6. The number of hydrogen-bond acceptors (Lipinski definition) is 5. The van der Waals surface area contributed by atoms with Crippen molar-refractivity contribution in [3.63, 3.8) is 0 Å². The number of thioether (sulfide) groups is 1. The van der Waals surface area contributed by atoms with Crippen LogP contribution in [-0.2, 0) is 11.3 Å². The highest BCUT2D eigenvalue weighted by molar-refractivity contribution is 7.99. The molecule has 6 heteroatoms. The molecule has 30 heavy (non-hydrogen) atoms. The molecular formula is C24H30N2O3S. The first kappa shape index (κ1) is 22.4. The molecule has 3 rings (SSSR count). The average molecular weight is 427 g/mol. The van der Waals surface area contributed by atoms with Gasteiger partial charge in [-0.25, -0.2) is 0 Å². The van der Waals surface area contributed by atoms with Crippen molar-refractivity contribution in [3.05, 3.63) is 59.2 Å². The quantitative estimate of drug-likeness (QED) is 0.597. The number of hydrogen-bond donors (Lipinski definition) is 1. The van der Waals surface area contributed by atoms with E-state index in [0.29, 0.717) is 24.8 Å². The molecule has 0 aliphatic carbocycles. The van der Waals surface area contributed by atoms with Crippen LogP contribution in [0.2, 0.25) is 0 Å². The zero-order chi connectivity index (χ0) is 21.3. The number of carbonyl (C=O) groups is 2. The van der Waals surface area contributed by atoms with Crippen molar-refractivity contribution >= 4 is 29.1 Å². The van der Waals surface area contributed by atoms with Crippen molar-refractivity contribution in [2.24, 2.45) is 0 Å². The number of nitrogens with zero attached hydrogens (tertiary/aromatic N) is 1. The van der Waals surface area contributed by atoms with Crippen LogP contribution >= 0.6 is 11.8 Å². The molecule has 0 aromatic heterocycles. The van der Waals surface area contributed by atoms with E-state index in [1.165, 1.54) is 17.1 Å². The van der Waals surface area contributed by atoms with Crippen LogP contribution in [-0.4, -0.2) is 48.3 Å². The normalized spacial score (nSPS) is 14.3. The fourth-order valence-corrected chi connectivity index (χ4v) is 4.51. The maximum absolute atomic E-state index is 12.4. The monoisotopic (exact) mass is 426 g/mol. The summed E-state index contributed by atoms with van der Waals surface area (Å²) < 4.78 is 5.11. The molecule has 160 valence electrons. The molecule has 0 atom stereocenters. The second kappa shape index (κ2) is 11.2. The molecule has 1 heterocycles. The minimum absolute atomic E-state index is 0.0447. The Balaban J connectivity index is 1.48. The maximum atomic E-state index is 12.4. The minimum Gasteiger partial charge on any atom is -0.497 e. The standard InChI is InChI=1S/C24H30N2O3S/c1-18-20(17-26-13-15-30-16-14-26)5-3-6-22(18)25-24(28)8-4-7-23(27)19-9-11-21(29-2)12-10-19/h3,5-6,9-12H,4,7-8,13-17H2,1-2H3,(H,25,28). The summed E-state index contributed by atoms with van der Waals surface area (Å²) in [5.74, 6) is 3.09. The molecule has 5 nitrogen and oxygen atoms in total. The number of rotatable bonds is 9. The van der Waals surface area contributed by atoms with Gasteiger partial charge in [-0.1, -0.05) is 12.1 Å². The summed E-state index contributed by atoms with van der Waals surface area (Å²) in [6, 6.07) is 13.2. The molecule has 1 aliphatic heterocycles. The van der Waals surface area contributed by atoms with Crippen LogP contribution in [0.1, 0.15) is 40.7 Å². The summed E-state index contributed by atoms with van der Waals surface area (Å²) >= 11 is 2.01. The van der Waals surface area contributed by atoms with Gasteiger partial charge in [0.15, 0.2) is 5.78 Å². The van der Waals surface area contributed by atoms with Crippen LogP contribution in [0, 0.1) is 6.92 Å². The number of amides is 1. The van der Waals surface area contributed by atoms with E-state index in [1.807, 2.05) is 23.9 Å². The fraction of sp³-hybridized carbons (Fsp3) is 0.417. The lowest BCUT2D eigenvalue weighted by Gasteiger charge is -2.27. The van der Waals surface area contributed by atoms with Gasteiger partial charge in [0.05, 0.1) is 7.11 Å². The Kier molecular flexibility index (Phi) is 8.34. The van der Waals surface area contributed by atoms with Crippen LogP contribution in [0.25, 0.3) is 0 Å². The highest BCUT2D eigenvalue weighted by atomic mass is 32.2. The van der Waals surface area contributed by atoms with Crippen LogP contribution in [0.3, 0.4) is 0 Å². The van der Waals surface area contributed by atoms with Gasteiger partial charge in [0.2, 0.25) is 5.91 Å². The Labute approximate surface area is 183 Å². The Bertz CT molecular complexity index is 861. The van der Waals surface area contributed by atoms with Gasteiger partial charge in [-0.3, -0.25) is 14.5 Å². The number of anilines is 1. The molecular weight excluding hydrogens is 396 g/mol. The maximum Gasteiger partial charge on any atom is 0.224 e. The first-order valence-electron chi connectivity index (χ1n) is 10.4. The molecule has 0 bridgehead atoms. The van der Waals surface area contributed by atoms with Crippen molar-refractivity contribution in [3.8, 4) is 5.75 Å². The second-order valence-electron chi connectivity index (χ2n) is 7.53. The van der Waals surface area contributed by atoms with Gasteiger partial charge in [-0.2, -0.15) is 11.8 Å². The highest BCUT2D eigenvalue weighted by Crippen LogP contribution is 2.22. The van der Waals surface area contributed by atoms with E-state index in [4.69, 9.17) is 4.74 Å². The van der Waals surface area contributed by atoms with Gasteiger partial charge in [-0.15, -0.1) is 0 Å². The molecule has 0 saturated carbocycles. The van der Waals surface area contributed by atoms with Gasteiger partial charge in [-0.05, 0) is 54.8 Å². The van der Waals surface area contributed by atoms with E-state index in [0.717, 1.165) is 36.6 Å². The number of ether oxygens (including phenoxy) is 1. The fourth-order valence-electron chi connectivity index (χ4n) is 3.53. The van der Waals surface area contributed by atoms with Gasteiger partial charge in [0.1, 0.15) is 5.75 Å². The first-order valence-corrected chi connectivity index (χ1v) is 11.6. The van der Waals surface area contributed by atoms with Crippen molar-refractivity contribution < 1.29 is 14.3 Å². The number of ketones is 1. The summed E-state index contributed by atoms with van der Waals surface area (Å²) in [4.78, 5) is 27.2. The van der Waals surface area contributed by atoms with E-state index in [1.54, 1.807) is 31.4 Å². The molecule has 0 spiro atoms. The second-order valence-corrected chi connectivity index (χ2v) is 8.76. The Morgan fingerprint density at radius 1 is 1.07 bits per heavy atom. The molecule has 1 saturated heterocycles. The smallest absolute Gasteiger partial charge is 0.224 e. The van der Waals surface area contributed by atoms with Gasteiger partial charge in [0.25, 0.3) is 0 Å². The predicted octanol–water partition coefficient (Wildman–Crippen LogP) is 4.54. The van der Waals surface area contributed by atoms with Crippen LogP contribution in [0.5, 0.6) is 5.75 Å². The van der Waals surface area contributed by atoms with E-state index in [2.05, 4.69) is 23.2 Å². The zero-order valence-electron chi connectivity index (χ0n) is 17.8. The van der Waals surface area contributed by atoms with Crippen molar-refractivity contribution in [1.82, 2.24) is 4.90 Å². The lowest BCUT2D eigenvalue weighted by Crippen LogP contribution is -2.32. The molecule has 2 aromatic rings. The number of benzene rings is 2. The van der Waals surface area contributed by atoms with Crippen LogP contribution < -0.4 is 10.1 Å². The third-order valence-electron chi connectivity index (χ3n) is 5.44. The number of nitrogens with one attached hydrogen (secondary N) is 1. The van der Waals surface area contributed by atoms with E-state index >= 15 is 0 Å². The Hall–Kier alpha value is -2.31. The van der Waals surface area contributed by atoms with Crippen LogP contribution in [0.4, 0.5) is 5.69 Å². The van der Waals surface area contributed by atoms with Crippen LogP contribution in [0.15, 0.2) is 42.5 Å². The van der Waals surface area contributed by atoms with Crippen molar-refractivity contribution in [2.75, 3.05) is 37.0 Å². The van der Waals surface area contributed by atoms with Gasteiger partial charge in [0, 0.05) is 55.2 Å². The van der Waals surface area contributed by atoms with Crippen molar-refractivity contribution in [1.29, 1.82) is 0 Å². The Morgan fingerprint density at radius 2 is 1.80 bits per heavy atom. The Morgan fingerprint density at radius 3 is 2.50 bits per heavy atom. The molecule has 0 unspecified atom stereocenters. The topological polar surface area (TPSA) is 58.6 Å². The number of Topliss-reactive ketones (excluding diaryl/α,β-unsaturated/α-hetero) is 1. The average Bonchev–Trinajstić information content (AvgIpc) is 2.77. The summed E-state index contributed by atoms with van der Waals surface area (Å²) in [6.07, 6.45) is 1.21. The molecule has 1 N–H and O–H groups in total. The largest absolute Gasteiger partial charge is 0.497 e. The SMILES string of the molecule is COc1ccc(C(=O)CCCC(=O)Nc2cccc(CN3CCSCC3)c2C)cc1.